The fourth-order valence-electron chi connectivity index (χ4n) is 5.08. The van der Waals surface area contributed by atoms with Gasteiger partial charge in [0.15, 0.2) is 0 Å². The third kappa shape index (κ3) is 6.84. The van der Waals surface area contributed by atoms with E-state index in [4.69, 9.17) is 14.3 Å². The first-order chi connectivity index (χ1) is 22.5. The van der Waals surface area contributed by atoms with Crippen molar-refractivity contribution in [1.82, 2.24) is 0 Å². The van der Waals surface area contributed by atoms with Gasteiger partial charge in [-0.3, -0.25) is 5.26 Å². The van der Waals surface area contributed by atoms with Gasteiger partial charge in [0, 0.05) is 16.3 Å². The van der Waals surface area contributed by atoms with Crippen LogP contribution in [0.2, 0.25) is 0 Å². The van der Waals surface area contributed by atoms with Crippen molar-refractivity contribution >= 4 is 29.5 Å². The van der Waals surface area contributed by atoms with Gasteiger partial charge in [-0.2, -0.15) is 0 Å². The van der Waals surface area contributed by atoms with Gasteiger partial charge in [0.1, 0.15) is 30.6 Å². The van der Waals surface area contributed by atoms with Crippen molar-refractivity contribution in [3.63, 3.8) is 0 Å². The molecule has 2 N–H and O–H groups in total. The van der Waals surface area contributed by atoms with E-state index in [9.17, 15) is 20.0 Å². The summed E-state index contributed by atoms with van der Waals surface area (Å²) in [4.78, 5) is 37.9. The largest absolute Gasteiger partial charge is 0.478 e. The highest BCUT2D eigenvalue weighted by atomic mass is 17.1. The molecule has 0 saturated carbocycles. The highest BCUT2D eigenvalue weighted by Crippen LogP contribution is 2.38. The van der Waals surface area contributed by atoms with E-state index in [1.54, 1.807) is 30.3 Å². The predicted molar refractivity (Wildman–Crippen MR) is 174 cm³/mol. The molecule has 228 valence electrons. The van der Waals surface area contributed by atoms with Crippen molar-refractivity contribution in [2.45, 2.75) is 6.61 Å². The third-order valence-electron chi connectivity index (χ3n) is 7.23. The molecular weight excluding hydrogens is 584 g/mol. The molecule has 0 heterocycles. The number of carboxylic acid groups (broad SMARTS) is 1. The number of hydrogen-bond donors (Lipinski definition) is 2. The molecular formula is C38H28O8. The van der Waals surface area contributed by atoms with Crippen molar-refractivity contribution in [3.8, 4) is 39.5 Å². The summed E-state index contributed by atoms with van der Waals surface area (Å²) in [6, 6.07) is 40.0. The number of carbonyl (C=O) groups is 3. The SMILES string of the molecule is C=O.O=C(O)c1cc(-c2ccccc2)ccc1C(=O)Oc1ccc(Oc2ccc(-c3ccccc3)cc2COO)c2ccccc12. The van der Waals surface area contributed by atoms with Crippen LogP contribution in [-0.2, 0) is 16.3 Å². The molecule has 0 aromatic heterocycles. The number of carboxylic acids is 1. The lowest BCUT2D eigenvalue weighted by Crippen LogP contribution is -2.14. The molecule has 46 heavy (non-hydrogen) atoms. The maximum Gasteiger partial charge on any atom is 0.344 e. The molecule has 0 saturated heterocycles. The lowest BCUT2D eigenvalue weighted by molar-refractivity contribution is -0.253. The quantitative estimate of drug-likeness (QED) is 0.0720. The summed E-state index contributed by atoms with van der Waals surface area (Å²) in [5.41, 5.74) is 3.87. The molecule has 0 amide bonds. The van der Waals surface area contributed by atoms with Gasteiger partial charge in [-0.1, -0.05) is 97.1 Å². The van der Waals surface area contributed by atoms with Crippen molar-refractivity contribution in [3.05, 3.63) is 150 Å². The van der Waals surface area contributed by atoms with Gasteiger partial charge in [0.2, 0.25) is 0 Å². The standard InChI is InChI=1S/C37H26O7.CH2O/c38-36(39)32-22-27(25-11-5-2-6-12-25)15-17-31(32)37(40)44-35-20-19-34(29-13-7-8-14-30(29)35)43-33-18-16-26(21-28(33)23-42-41)24-9-3-1-4-10-24;1-2/h1-22,41H,23H2,(H,38,39);1H2. The molecule has 0 spiro atoms. The summed E-state index contributed by atoms with van der Waals surface area (Å²) in [6.07, 6.45) is 0. The number of fused-ring (bicyclic) bond motifs is 1. The number of carbonyl (C=O) groups excluding carboxylic acids is 2. The van der Waals surface area contributed by atoms with E-state index in [0.717, 1.165) is 16.7 Å². The Morgan fingerprint density at radius 1 is 0.565 bits per heavy atom. The molecule has 6 rings (SSSR count). The van der Waals surface area contributed by atoms with Crippen molar-refractivity contribution < 1.29 is 39.1 Å². The smallest absolute Gasteiger partial charge is 0.344 e. The first-order valence-corrected chi connectivity index (χ1v) is 14.1. The molecule has 0 radical (unpaired) electrons. The lowest BCUT2D eigenvalue weighted by atomic mass is 9.99. The molecule has 0 bridgehead atoms. The van der Waals surface area contributed by atoms with Gasteiger partial charge in [-0.05, 0) is 58.7 Å². The predicted octanol–water partition coefficient (Wildman–Crippen LogP) is 8.69. The Morgan fingerprint density at radius 3 is 1.70 bits per heavy atom. The van der Waals surface area contributed by atoms with Crippen LogP contribution in [0.3, 0.4) is 0 Å². The maximum atomic E-state index is 13.3. The molecule has 0 aliphatic carbocycles. The minimum absolute atomic E-state index is 0.0614. The minimum Gasteiger partial charge on any atom is -0.478 e. The van der Waals surface area contributed by atoms with Crippen molar-refractivity contribution in [1.29, 1.82) is 0 Å². The summed E-state index contributed by atoms with van der Waals surface area (Å²) in [5, 5.41) is 20.4. The molecule has 0 fully saturated rings. The molecule has 6 aromatic rings. The van der Waals surface area contributed by atoms with Gasteiger partial charge >= 0.3 is 11.9 Å². The zero-order chi connectivity index (χ0) is 32.5. The van der Waals surface area contributed by atoms with Crippen LogP contribution in [0.5, 0.6) is 17.2 Å². The highest BCUT2D eigenvalue weighted by molar-refractivity contribution is 6.05. The van der Waals surface area contributed by atoms with Crippen molar-refractivity contribution in [2.75, 3.05) is 0 Å². The third-order valence-corrected chi connectivity index (χ3v) is 7.23. The van der Waals surface area contributed by atoms with Gasteiger partial charge in [0.25, 0.3) is 0 Å². The number of benzene rings is 6. The zero-order valence-corrected chi connectivity index (χ0v) is 24.5. The van der Waals surface area contributed by atoms with E-state index >= 15 is 0 Å². The number of rotatable bonds is 9. The summed E-state index contributed by atoms with van der Waals surface area (Å²) < 4.78 is 12.1. The van der Waals surface area contributed by atoms with E-state index in [2.05, 4.69) is 4.89 Å². The number of aromatic carboxylic acids is 1. The maximum absolute atomic E-state index is 13.3. The average molecular weight is 613 g/mol. The van der Waals surface area contributed by atoms with E-state index < -0.39 is 11.9 Å². The topological polar surface area (TPSA) is 119 Å². The Bertz CT molecular complexity index is 1990. The molecule has 8 heteroatoms. The minimum atomic E-state index is -1.23. The van der Waals surface area contributed by atoms with Crippen molar-refractivity contribution in [2.24, 2.45) is 0 Å². The number of hydrogen-bond acceptors (Lipinski definition) is 7. The van der Waals surface area contributed by atoms with Crippen LogP contribution in [0.1, 0.15) is 26.3 Å². The molecule has 0 atom stereocenters. The van der Waals surface area contributed by atoms with Crippen LogP contribution in [0.15, 0.2) is 133 Å². The van der Waals surface area contributed by atoms with Crippen LogP contribution in [-0.4, -0.2) is 29.1 Å². The van der Waals surface area contributed by atoms with Crippen LogP contribution in [0.25, 0.3) is 33.0 Å². The Balaban J connectivity index is 0.00000204. The highest BCUT2D eigenvalue weighted by Gasteiger charge is 2.21. The Labute approximate surface area is 264 Å². The second-order valence-corrected chi connectivity index (χ2v) is 9.99. The Hall–Kier alpha value is -6.09. The summed E-state index contributed by atoms with van der Waals surface area (Å²) >= 11 is 0. The second kappa shape index (κ2) is 14.6. The molecule has 0 aliphatic heterocycles. The number of ether oxygens (including phenoxy) is 2. The van der Waals surface area contributed by atoms with E-state index in [1.165, 1.54) is 12.1 Å². The van der Waals surface area contributed by atoms with E-state index in [0.29, 0.717) is 33.4 Å². The van der Waals surface area contributed by atoms with Crippen LogP contribution >= 0.6 is 0 Å². The Morgan fingerprint density at radius 2 is 1.09 bits per heavy atom. The second-order valence-electron chi connectivity index (χ2n) is 9.99. The van der Waals surface area contributed by atoms with Crippen LogP contribution < -0.4 is 9.47 Å². The van der Waals surface area contributed by atoms with Gasteiger partial charge in [-0.25, -0.2) is 14.5 Å². The molecule has 0 aliphatic rings. The first-order valence-electron chi connectivity index (χ1n) is 14.1. The lowest BCUT2D eigenvalue weighted by Gasteiger charge is -2.16. The monoisotopic (exact) mass is 612 g/mol. The van der Waals surface area contributed by atoms with E-state index in [1.807, 2.05) is 97.8 Å². The Kier molecular flexibility index (Phi) is 9.94. The first kappa shape index (κ1) is 31.3. The molecule has 0 unspecified atom stereocenters. The molecule has 8 nitrogen and oxygen atoms in total. The summed E-state index contributed by atoms with van der Waals surface area (Å²) in [6.45, 7) is 1.92. The van der Waals surface area contributed by atoms with Crippen LogP contribution in [0.4, 0.5) is 0 Å². The fraction of sp³-hybridized carbons (Fsp3) is 0.0263. The van der Waals surface area contributed by atoms with E-state index in [-0.39, 0.29) is 23.5 Å². The molecule has 6 aromatic carbocycles. The number of esters is 1. The zero-order valence-electron chi connectivity index (χ0n) is 24.5. The normalized spacial score (nSPS) is 10.5. The summed E-state index contributed by atoms with van der Waals surface area (Å²) in [7, 11) is 0. The fourth-order valence-corrected chi connectivity index (χ4v) is 5.08. The van der Waals surface area contributed by atoms with Gasteiger partial charge in [0.05, 0.1) is 11.1 Å². The summed E-state index contributed by atoms with van der Waals surface area (Å²) in [5.74, 6) is -0.799. The van der Waals surface area contributed by atoms with Crippen LogP contribution in [0, 0.1) is 0 Å². The van der Waals surface area contributed by atoms with Gasteiger partial charge in [-0.15, -0.1) is 0 Å². The van der Waals surface area contributed by atoms with Gasteiger partial charge < -0.3 is 19.4 Å². The average Bonchev–Trinajstić information content (AvgIpc) is 3.11.